The molecule has 0 aliphatic carbocycles. The third-order valence-corrected chi connectivity index (χ3v) is 7.58. The summed E-state index contributed by atoms with van der Waals surface area (Å²) in [5.74, 6) is 0.337. The third-order valence-electron chi connectivity index (χ3n) is 6.07. The van der Waals surface area contributed by atoms with E-state index >= 15 is 0 Å². The topological polar surface area (TPSA) is 88.2 Å². The van der Waals surface area contributed by atoms with Crippen molar-refractivity contribution in [1.29, 1.82) is 0 Å². The van der Waals surface area contributed by atoms with Gasteiger partial charge in [0.25, 0.3) is 9.84 Å². The molecule has 2 aromatic heterocycles. The number of hydrogen-bond donors (Lipinski definition) is 1. The number of hydrogen-bond acceptors (Lipinski definition) is 6. The average Bonchev–Trinajstić information content (AvgIpc) is 3.39. The molecular formula is C24H21F3N4O3S. The summed E-state index contributed by atoms with van der Waals surface area (Å²) in [5.41, 5.74) is -1.35. The highest BCUT2D eigenvalue weighted by Crippen LogP contribution is 2.33. The summed E-state index contributed by atoms with van der Waals surface area (Å²) >= 11 is 0. The Bertz CT molecular complexity index is 1430. The maximum absolute atomic E-state index is 12.7. The fourth-order valence-corrected chi connectivity index (χ4v) is 5.00. The van der Waals surface area contributed by atoms with Crippen LogP contribution in [0.1, 0.15) is 12.8 Å². The number of H-pyrrole nitrogens is 1. The van der Waals surface area contributed by atoms with Crippen LogP contribution in [0.15, 0.2) is 72.0 Å². The first-order valence-corrected chi connectivity index (χ1v) is 12.4. The summed E-state index contributed by atoms with van der Waals surface area (Å²) in [6.07, 6.45) is 6.66. The van der Waals surface area contributed by atoms with Crippen LogP contribution >= 0.6 is 0 Å². The Hall–Kier alpha value is -3.60. The number of alkyl halides is 3. The lowest BCUT2D eigenvalue weighted by atomic mass is 10.0. The molecule has 4 aromatic rings. The second-order valence-corrected chi connectivity index (χ2v) is 10.2. The molecule has 1 saturated heterocycles. The largest absolute Gasteiger partial charge is 0.501 e. The summed E-state index contributed by atoms with van der Waals surface area (Å²) in [5, 5.41) is 7.88. The van der Waals surface area contributed by atoms with Crippen LogP contribution in [0.4, 0.5) is 18.9 Å². The Morgan fingerprint density at radius 2 is 1.74 bits per heavy atom. The summed E-state index contributed by atoms with van der Waals surface area (Å²) < 4.78 is 67.2. The molecule has 3 heterocycles. The van der Waals surface area contributed by atoms with Gasteiger partial charge in [0.15, 0.2) is 0 Å². The lowest BCUT2D eigenvalue weighted by Crippen LogP contribution is -2.38. The van der Waals surface area contributed by atoms with E-state index in [4.69, 9.17) is 4.74 Å². The van der Waals surface area contributed by atoms with Gasteiger partial charge in [0.1, 0.15) is 11.9 Å². The molecule has 1 fully saturated rings. The molecule has 0 unspecified atom stereocenters. The Balaban J connectivity index is 1.27. The van der Waals surface area contributed by atoms with Crippen molar-refractivity contribution in [2.45, 2.75) is 29.3 Å². The van der Waals surface area contributed by atoms with Crippen molar-refractivity contribution >= 4 is 26.4 Å². The molecule has 1 aliphatic heterocycles. The predicted octanol–water partition coefficient (Wildman–Crippen LogP) is 4.97. The lowest BCUT2D eigenvalue weighted by molar-refractivity contribution is -0.0436. The zero-order valence-electron chi connectivity index (χ0n) is 18.4. The molecule has 2 aromatic carbocycles. The van der Waals surface area contributed by atoms with Gasteiger partial charge in [-0.2, -0.15) is 18.3 Å². The average molecular weight is 503 g/mol. The van der Waals surface area contributed by atoms with E-state index in [0.717, 1.165) is 52.9 Å². The Kier molecular flexibility index (Phi) is 5.87. The van der Waals surface area contributed by atoms with Crippen molar-refractivity contribution < 1.29 is 26.3 Å². The fraction of sp³-hybridized carbons (Fsp3) is 0.250. The first kappa shape index (κ1) is 23.2. The van der Waals surface area contributed by atoms with Gasteiger partial charge in [-0.25, -0.2) is 8.42 Å². The van der Waals surface area contributed by atoms with Gasteiger partial charge in [-0.1, -0.05) is 6.07 Å². The lowest BCUT2D eigenvalue weighted by Gasteiger charge is -2.34. The van der Waals surface area contributed by atoms with Crippen molar-refractivity contribution in [3.63, 3.8) is 0 Å². The van der Waals surface area contributed by atoms with Gasteiger partial charge in [0.2, 0.25) is 0 Å². The van der Waals surface area contributed by atoms with Crippen LogP contribution in [0, 0.1) is 0 Å². The molecule has 0 atom stereocenters. The van der Waals surface area contributed by atoms with E-state index in [-0.39, 0.29) is 6.10 Å². The Morgan fingerprint density at radius 1 is 1.00 bits per heavy atom. The third kappa shape index (κ3) is 4.55. The van der Waals surface area contributed by atoms with E-state index in [1.165, 1.54) is 12.1 Å². The minimum absolute atomic E-state index is 0.133. The number of aromatic nitrogens is 3. The minimum Gasteiger partial charge on any atom is -0.490 e. The summed E-state index contributed by atoms with van der Waals surface area (Å²) in [4.78, 5) is 5.95. The maximum Gasteiger partial charge on any atom is 0.501 e. The number of anilines is 1. The number of nitrogens with one attached hydrogen (secondary N) is 1. The van der Waals surface area contributed by atoms with Gasteiger partial charge in [-0.15, -0.1) is 0 Å². The van der Waals surface area contributed by atoms with E-state index in [2.05, 4.69) is 26.1 Å². The number of ether oxygens (including phenoxy) is 1. The zero-order chi connectivity index (χ0) is 24.6. The predicted molar refractivity (Wildman–Crippen MR) is 125 cm³/mol. The molecule has 0 radical (unpaired) electrons. The first-order chi connectivity index (χ1) is 16.7. The number of aromatic amines is 1. The molecule has 7 nitrogen and oxygen atoms in total. The quantitative estimate of drug-likeness (QED) is 0.415. The van der Waals surface area contributed by atoms with Crippen molar-refractivity contribution in [2.24, 2.45) is 0 Å². The molecule has 0 amide bonds. The van der Waals surface area contributed by atoms with Gasteiger partial charge in [-0.3, -0.25) is 10.1 Å². The number of nitrogens with zero attached hydrogens (tertiary/aromatic N) is 3. The van der Waals surface area contributed by atoms with Crippen molar-refractivity contribution in [1.82, 2.24) is 15.2 Å². The van der Waals surface area contributed by atoms with Crippen LogP contribution in [-0.4, -0.2) is 48.3 Å². The van der Waals surface area contributed by atoms with Crippen molar-refractivity contribution in [3.8, 4) is 16.9 Å². The summed E-state index contributed by atoms with van der Waals surface area (Å²) in [7, 11) is -5.37. The van der Waals surface area contributed by atoms with Crippen molar-refractivity contribution in [2.75, 3.05) is 18.0 Å². The van der Waals surface area contributed by atoms with E-state index < -0.39 is 20.2 Å². The number of benzene rings is 2. The minimum atomic E-state index is -5.37. The van der Waals surface area contributed by atoms with Gasteiger partial charge < -0.3 is 9.64 Å². The molecule has 182 valence electrons. The van der Waals surface area contributed by atoms with Crippen LogP contribution in [0.2, 0.25) is 0 Å². The Labute approximate surface area is 199 Å². The molecular weight excluding hydrogens is 481 g/mol. The van der Waals surface area contributed by atoms with E-state index in [1.807, 2.05) is 24.4 Å². The molecule has 0 saturated carbocycles. The number of fused-ring (bicyclic) bond motifs is 1. The Morgan fingerprint density at radius 3 is 2.40 bits per heavy atom. The second kappa shape index (κ2) is 8.88. The monoisotopic (exact) mass is 502 g/mol. The number of sulfone groups is 1. The molecule has 1 N–H and O–H groups in total. The van der Waals surface area contributed by atoms with Crippen LogP contribution < -0.4 is 9.64 Å². The SMILES string of the molecule is O=S(=O)(c1ccc(OC2CCN(c3ccnc4ccc(-c5cn[nH]c5)cc34)CC2)cc1)C(F)(F)F. The van der Waals surface area contributed by atoms with Gasteiger partial charge in [0, 0.05) is 55.0 Å². The molecule has 0 spiro atoms. The van der Waals surface area contributed by atoms with Gasteiger partial charge in [-0.05, 0) is 48.0 Å². The maximum atomic E-state index is 12.7. The van der Waals surface area contributed by atoms with Gasteiger partial charge >= 0.3 is 5.51 Å². The molecule has 1 aliphatic rings. The highest BCUT2D eigenvalue weighted by molar-refractivity contribution is 7.92. The summed E-state index contributed by atoms with van der Waals surface area (Å²) in [6.45, 7) is 1.44. The molecule has 0 bridgehead atoms. The number of piperidine rings is 1. The highest BCUT2D eigenvalue weighted by atomic mass is 32.2. The second-order valence-electron chi connectivity index (χ2n) is 8.27. The smallest absolute Gasteiger partial charge is 0.490 e. The number of rotatable bonds is 5. The highest BCUT2D eigenvalue weighted by Gasteiger charge is 2.46. The zero-order valence-corrected chi connectivity index (χ0v) is 19.2. The van der Waals surface area contributed by atoms with E-state index in [9.17, 15) is 21.6 Å². The summed E-state index contributed by atoms with van der Waals surface area (Å²) in [6, 6.07) is 12.5. The standard InChI is InChI=1S/C24H21F3N4O3S/c25-24(26,27)35(32,33)20-4-2-18(3-5-20)34-19-8-11-31(12-9-19)23-7-10-28-22-6-1-16(13-21(22)23)17-14-29-30-15-17/h1-7,10,13-15,19H,8-9,11-12H2,(H,29,30). The van der Waals surface area contributed by atoms with Crippen LogP contribution in [0.3, 0.4) is 0 Å². The van der Waals surface area contributed by atoms with Crippen molar-refractivity contribution in [3.05, 3.63) is 67.1 Å². The van der Waals surface area contributed by atoms with E-state index in [1.54, 1.807) is 12.4 Å². The number of halogens is 3. The first-order valence-electron chi connectivity index (χ1n) is 10.9. The van der Waals surface area contributed by atoms with E-state index in [0.29, 0.717) is 18.6 Å². The van der Waals surface area contributed by atoms with Crippen LogP contribution in [0.5, 0.6) is 5.75 Å². The van der Waals surface area contributed by atoms with Gasteiger partial charge in [0.05, 0.1) is 16.6 Å². The number of pyridine rings is 1. The fourth-order valence-electron chi connectivity index (χ4n) is 4.23. The molecule has 35 heavy (non-hydrogen) atoms. The van der Waals surface area contributed by atoms with Crippen LogP contribution in [0.25, 0.3) is 22.0 Å². The normalized spacial score (nSPS) is 15.5. The van der Waals surface area contributed by atoms with Crippen LogP contribution in [-0.2, 0) is 9.84 Å². The molecule has 5 rings (SSSR count). The molecule has 11 heteroatoms.